The molecule has 7 nitrogen and oxygen atoms in total. The van der Waals surface area contributed by atoms with Gasteiger partial charge in [0.2, 0.25) is 0 Å². The maximum atomic E-state index is 12.4. The van der Waals surface area contributed by atoms with Gasteiger partial charge in [0.25, 0.3) is 10.0 Å². The number of hydrazine groups is 1. The third kappa shape index (κ3) is 3.41. The molecule has 1 aromatic rings. The lowest BCUT2D eigenvalue weighted by Gasteiger charge is -2.24. The van der Waals surface area contributed by atoms with Crippen LogP contribution in [-0.4, -0.2) is 44.8 Å². The molecule has 1 heterocycles. The fourth-order valence-electron chi connectivity index (χ4n) is 2.34. The Labute approximate surface area is 128 Å². The molecule has 0 radical (unpaired) electrons. The fourth-order valence-corrected chi connectivity index (χ4v) is 4.13. The van der Waals surface area contributed by atoms with Gasteiger partial charge in [0.05, 0.1) is 17.3 Å². The van der Waals surface area contributed by atoms with Crippen molar-refractivity contribution in [2.45, 2.75) is 23.8 Å². The molecule has 1 aliphatic rings. The van der Waals surface area contributed by atoms with Crippen molar-refractivity contribution in [2.75, 3.05) is 26.0 Å². The first-order valence-electron chi connectivity index (χ1n) is 6.41. The molecule has 0 unspecified atom stereocenters. The molecule has 0 aromatic heterocycles. The average molecular weight is 336 g/mol. The number of nitrogens with two attached hydrogens (primary N) is 1. The number of phenolic OH excluding ortho intramolecular Hbond substituents is 1. The van der Waals surface area contributed by atoms with E-state index in [9.17, 15) is 13.5 Å². The van der Waals surface area contributed by atoms with E-state index in [1.807, 2.05) is 0 Å². The molecule has 1 atom stereocenters. The molecule has 2 rings (SSSR count). The Morgan fingerprint density at radius 2 is 2.29 bits per heavy atom. The summed E-state index contributed by atoms with van der Waals surface area (Å²) in [6.45, 7) is 0.979. The lowest BCUT2D eigenvalue weighted by molar-refractivity contribution is 0.104. The highest BCUT2D eigenvalue weighted by atomic mass is 35.5. The van der Waals surface area contributed by atoms with Crippen LogP contribution in [0.2, 0.25) is 5.02 Å². The lowest BCUT2D eigenvalue weighted by Crippen LogP contribution is -2.46. The Hall–Kier alpha value is -1.06. The number of nitrogens with one attached hydrogen (secondary N) is 1. The number of hydrogen-bond donors (Lipinski definition) is 3. The Kier molecular flexibility index (Phi) is 4.95. The fraction of sp³-hybridized carbons (Fsp3) is 0.500. The number of aromatic hydroxyl groups is 1. The van der Waals surface area contributed by atoms with Crippen LogP contribution in [0.4, 0.5) is 5.69 Å². The summed E-state index contributed by atoms with van der Waals surface area (Å²) in [6.07, 6.45) is 1.68. The van der Waals surface area contributed by atoms with Gasteiger partial charge in [-0.3, -0.25) is 0 Å². The highest BCUT2D eigenvalue weighted by molar-refractivity contribution is 7.89. The van der Waals surface area contributed by atoms with Crippen molar-refractivity contribution in [3.05, 3.63) is 17.2 Å². The van der Waals surface area contributed by atoms with Gasteiger partial charge < -0.3 is 15.6 Å². The molecule has 9 heteroatoms. The molecule has 0 saturated carbocycles. The van der Waals surface area contributed by atoms with Crippen LogP contribution in [0.5, 0.6) is 5.75 Å². The van der Waals surface area contributed by atoms with Crippen LogP contribution in [0.15, 0.2) is 17.0 Å². The highest BCUT2D eigenvalue weighted by Crippen LogP contribution is 2.35. The second kappa shape index (κ2) is 6.37. The highest BCUT2D eigenvalue weighted by Gasteiger charge is 2.31. The number of sulfonamides is 1. The van der Waals surface area contributed by atoms with Crippen molar-refractivity contribution < 1.29 is 18.3 Å². The van der Waals surface area contributed by atoms with Gasteiger partial charge in [0.1, 0.15) is 4.90 Å². The van der Waals surface area contributed by atoms with Gasteiger partial charge in [-0.15, -0.1) is 4.83 Å². The summed E-state index contributed by atoms with van der Waals surface area (Å²) >= 11 is 5.89. The molecule has 118 valence electrons. The Balaban J connectivity index is 2.29. The van der Waals surface area contributed by atoms with Gasteiger partial charge in [-0.2, -0.15) is 0 Å². The average Bonchev–Trinajstić information content (AvgIpc) is 2.81. The monoisotopic (exact) mass is 335 g/mol. The second-order valence-electron chi connectivity index (χ2n) is 4.85. The van der Waals surface area contributed by atoms with E-state index >= 15 is 0 Å². The molecule has 0 aliphatic carbocycles. The zero-order valence-electron chi connectivity index (χ0n) is 11.5. The van der Waals surface area contributed by atoms with Crippen molar-refractivity contribution in [1.29, 1.82) is 0 Å². The molecule has 1 saturated heterocycles. The van der Waals surface area contributed by atoms with E-state index < -0.39 is 20.7 Å². The summed E-state index contributed by atoms with van der Waals surface area (Å²) < 4.78 is 29.9. The number of nitrogen functional groups attached to an aromatic ring is 1. The van der Waals surface area contributed by atoms with Gasteiger partial charge in [-0.1, -0.05) is 11.6 Å². The predicted octanol–water partition coefficient (Wildman–Crippen LogP) is 0.932. The molecule has 21 heavy (non-hydrogen) atoms. The van der Waals surface area contributed by atoms with E-state index in [2.05, 4.69) is 4.83 Å². The molecule has 0 bridgehead atoms. The van der Waals surface area contributed by atoms with Gasteiger partial charge in [0, 0.05) is 19.7 Å². The normalized spacial score (nSPS) is 20.0. The first kappa shape index (κ1) is 16.3. The molecular formula is C12H18ClN3O4S. The summed E-state index contributed by atoms with van der Waals surface area (Å²) in [5.74, 6) is -0.544. The number of benzene rings is 1. The first-order valence-corrected chi connectivity index (χ1v) is 8.28. The number of hydrogen-bond acceptors (Lipinski definition) is 6. The Morgan fingerprint density at radius 1 is 1.57 bits per heavy atom. The first-order chi connectivity index (χ1) is 9.86. The zero-order chi connectivity index (χ0) is 15.6. The van der Waals surface area contributed by atoms with E-state index in [-0.39, 0.29) is 16.8 Å². The smallest absolute Gasteiger partial charge is 0.258 e. The van der Waals surface area contributed by atoms with Crippen LogP contribution < -0.4 is 10.6 Å². The van der Waals surface area contributed by atoms with Gasteiger partial charge in [0.15, 0.2) is 5.75 Å². The minimum atomic E-state index is -4.02. The third-order valence-electron chi connectivity index (χ3n) is 3.36. The SMILES string of the molecule is COC[C@H]1CCCN1NS(=O)(=O)c1c(Cl)ccc(N)c1O. The number of ether oxygens (including phenoxy) is 1. The maximum Gasteiger partial charge on any atom is 0.258 e. The zero-order valence-corrected chi connectivity index (χ0v) is 13.1. The Bertz CT molecular complexity index is 623. The predicted molar refractivity (Wildman–Crippen MR) is 79.5 cm³/mol. The Morgan fingerprint density at radius 3 is 2.95 bits per heavy atom. The van der Waals surface area contributed by atoms with E-state index in [0.29, 0.717) is 13.2 Å². The van der Waals surface area contributed by atoms with Crippen molar-refractivity contribution in [3.8, 4) is 5.75 Å². The second-order valence-corrected chi connectivity index (χ2v) is 6.86. The van der Waals surface area contributed by atoms with E-state index in [1.54, 1.807) is 12.1 Å². The summed E-state index contributed by atoms with van der Waals surface area (Å²) in [5.41, 5.74) is 5.49. The van der Waals surface area contributed by atoms with Crippen molar-refractivity contribution >= 4 is 27.3 Å². The maximum absolute atomic E-state index is 12.4. The van der Waals surface area contributed by atoms with Crippen LogP contribution in [0.25, 0.3) is 0 Å². The van der Waals surface area contributed by atoms with E-state index in [0.717, 1.165) is 12.8 Å². The summed E-state index contributed by atoms with van der Waals surface area (Å²) in [7, 11) is -2.46. The number of methoxy groups -OCH3 is 1. The molecule has 0 spiro atoms. The number of phenols is 1. The van der Waals surface area contributed by atoms with Crippen LogP contribution in [0.3, 0.4) is 0 Å². The minimum Gasteiger partial charge on any atom is -0.504 e. The number of anilines is 1. The van der Waals surface area contributed by atoms with Crippen molar-refractivity contribution in [3.63, 3.8) is 0 Å². The summed E-state index contributed by atoms with van der Waals surface area (Å²) in [6, 6.07) is 2.63. The van der Waals surface area contributed by atoms with E-state index in [4.69, 9.17) is 22.1 Å². The third-order valence-corrected chi connectivity index (χ3v) is 5.21. The molecule has 1 aromatic carbocycles. The lowest BCUT2D eigenvalue weighted by atomic mass is 10.2. The number of halogens is 1. The van der Waals surface area contributed by atoms with Gasteiger partial charge in [-0.05, 0) is 25.0 Å². The van der Waals surface area contributed by atoms with Gasteiger partial charge in [-0.25, -0.2) is 13.4 Å². The molecule has 4 N–H and O–H groups in total. The topological polar surface area (TPSA) is 105 Å². The van der Waals surface area contributed by atoms with Crippen LogP contribution in [0.1, 0.15) is 12.8 Å². The number of nitrogens with zero attached hydrogens (tertiary/aromatic N) is 1. The van der Waals surface area contributed by atoms with Crippen molar-refractivity contribution in [2.24, 2.45) is 0 Å². The minimum absolute atomic E-state index is 0.0466. The molecule has 0 amide bonds. The van der Waals surface area contributed by atoms with Crippen LogP contribution in [0, 0.1) is 0 Å². The molecular weight excluding hydrogens is 318 g/mol. The molecule has 1 fully saturated rings. The van der Waals surface area contributed by atoms with E-state index in [1.165, 1.54) is 12.1 Å². The largest absolute Gasteiger partial charge is 0.504 e. The van der Waals surface area contributed by atoms with Gasteiger partial charge >= 0.3 is 0 Å². The van der Waals surface area contributed by atoms with Crippen LogP contribution in [-0.2, 0) is 14.8 Å². The number of rotatable bonds is 5. The standard InChI is InChI=1S/C12H18ClN3O4S/c1-20-7-8-3-2-6-16(8)15-21(18,19)12-9(13)4-5-10(14)11(12)17/h4-5,8,15,17H,2-3,6-7,14H2,1H3/t8-/m1/s1. The quantitative estimate of drug-likeness (QED) is 0.546. The summed E-state index contributed by atoms with van der Waals surface area (Å²) in [4.78, 5) is 2.03. The summed E-state index contributed by atoms with van der Waals surface area (Å²) in [5, 5.41) is 11.4. The van der Waals surface area contributed by atoms with Crippen molar-refractivity contribution in [1.82, 2.24) is 9.84 Å². The molecule has 1 aliphatic heterocycles. The van der Waals surface area contributed by atoms with Crippen LogP contribution >= 0.6 is 11.6 Å².